The fourth-order valence-electron chi connectivity index (χ4n) is 3.05. The molecule has 2 heterocycles. The first kappa shape index (κ1) is 15.1. The molecule has 25 heavy (non-hydrogen) atoms. The number of nitro groups is 1. The molecule has 0 radical (unpaired) electrons. The van der Waals surface area contributed by atoms with Crippen LogP contribution in [0.4, 0.5) is 5.69 Å². The van der Waals surface area contributed by atoms with Gasteiger partial charge in [-0.05, 0) is 24.6 Å². The van der Waals surface area contributed by atoms with Crippen LogP contribution in [-0.2, 0) is 0 Å². The number of carbonyl (C=O) groups is 1. The molecule has 2 N–H and O–H groups in total. The summed E-state index contributed by atoms with van der Waals surface area (Å²) in [6.07, 6.45) is 0. The minimum absolute atomic E-state index is 0.0132. The topological polar surface area (TPSA) is 101 Å². The Kier molecular flexibility index (Phi) is 3.35. The van der Waals surface area contributed by atoms with E-state index in [0.29, 0.717) is 11.4 Å². The summed E-state index contributed by atoms with van der Waals surface area (Å²) in [5, 5.41) is 20.9. The molecule has 0 saturated carbocycles. The van der Waals surface area contributed by atoms with Crippen LogP contribution in [0.2, 0.25) is 0 Å². The molecule has 124 valence electrons. The summed E-state index contributed by atoms with van der Waals surface area (Å²) in [4.78, 5) is 22.6. The highest BCUT2D eigenvalue weighted by Crippen LogP contribution is 2.37. The van der Waals surface area contributed by atoms with Gasteiger partial charge in [0.25, 0.3) is 11.6 Å². The number of carbonyl (C=O) groups excluding carboxylic acids is 1. The first-order valence-electron chi connectivity index (χ1n) is 7.75. The van der Waals surface area contributed by atoms with Gasteiger partial charge in [-0.3, -0.25) is 20.0 Å². The fraction of sp³-hybridized carbons (Fsp3) is 0.111. The first-order valence-corrected chi connectivity index (χ1v) is 7.75. The van der Waals surface area contributed by atoms with Crippen molar-refractivity contribution in [1.29, 1.82) is 0 Å². The molecule has 4 rings (SSSR count). The zero-order chi connectivity index (χ0) is 17.6. The van der Waals surface area contributed by atoms with Crippen molar-refractivity contribution in [2.24, 2.45) is 0 Å². The Morgan fingerprint density at radius 1 is 1.08 bits per heavy atom. The Hall–Kier alpha value is -3.48. The number of nitrogens with one attached hydrogen (secondary N) is 2. The lowest BCUT2D eigenvalue weighted by Crippen LogP contribution is -2.21. The molecular formula is C18H14N4O3. The van der Waals surface area contributed by atoms with E-state index in [2.05, 4.69) is 15.5 Å². The summed E-state index contributed by atoms with van der Waals surface area (Å²) < 4.78 is 0. The molecule has 0 spiro atoms. The predicted octanol–water partition coefficient (Wildman–Crippen LogP) is 3.13. The van der Waals surface area contributed by atoms with E-state index in [4.69, 9.17) is 0 Å². The standard InChI is InChI=1S/C18H14N4O3/c1-10-2-4-12(5-3-10)16-14-15(19-18(23)17(14)21-20-16)11-6-8-13(9-7-11)22(24)25/h2-9,15H,1H3,(H,19,23)(H,20,21)/t15-/m1/s1. The molecule has 0 aliphatic carbocycles. The van der Waals surface area contributed by atoms with Crippen LogP contribution in [0.25, 0.3) is 11.3 Å². The summed E-state index contributed by atoms with van der Waals surface area (Å²) in [7, 11) is 0. The normalized spacial score (nSPS) is 15.7. The number of non-ortho nitro benzene ring substituents is 1. The number of aromatic nitrogens is 2. The lowest BCUT2D eigenvalue weighted by atomic mass is 9.96. The highest BCUT2D eigenvalue weighted by molar-refractivity contribution is 6.00. The largest absolute Gasteiger partial charge is 0.340 e. The van der Waals surface area contributed by atoms with E-state index in [0.717, 1.165) is 22.3 Å². The number of benzene rings is 2. The van der Waals surface area contributed by atoms with Crippen molar-refractivity contribution in [2.45, 2.75) is 13.0 Å². The van der Waals surface area contributed by atoms with Gasteiger partial charge in [0, 0.05) is 23.3 Å². The van der Waals surface area contributed by atoms with Crippen molar-refractivity contribution in [3.63, 3.8) is 0 Å². The minimum atomic E-state index is -0.446. The zero-order valence-corrected chi connectivity index (χ0v) is 13.3. The van der Waals surface area contributed by atoms with Crippen LogP contribution in [0, 0.1) is 17.0 Å². The number of aromatic amines is 1. The Balaban J connectivity index is 1.79. The molecule has 1 amide bonds. The lowest BCUT2D eigenvalue weighted by Gasteiger charge is -2.13. The predicted molar refractivity (Wildman–Crippen MR) is 91.2 cm³/mol. The molecular weight excluding hydrogens is 320 g/mol. The minimum Gasteiger partial charge on any atom is -0.340 e. The van der Waals surface area contributed by atoms with Crippen LogP contribution in [-0.4, -0.2) is 21.0 Å². The molecule has 0 saturated heterocycles. The van der Waals surface area contributed by atoms with E-state index < -0.39 is 11.0 Å². The quantitative estimate of drug-likeness (QED) is 0.567. The summed E-state index contributed by atoms with van der Waals surface area (Å²) in [6.45, 7) is 2.00. The SMILES string of the molecule is Cc1ccc(-c2n[nH]c3c2[C@@H](c2ccc([N+](=O)[O-])cc2)NC3=O)cc1. The first-order chi connectivity index (χ1) is 12.0. The van der Waals surface area contributed by atoms with Gasteiger partial charge in [0.2, 0.25) is 0 Å². The molecule has 0 bridgehead atoms. The molecule has 1 aliphatic rings. The van der Waals surface area contributed by atoms with E-state index in [1.54, 1.807) is 12.1 Å². The summed E-state index contributed by atoms with van der Waals surface area (Å²) in [5.74, 6) is -0.232. The second-order valence-electron chi connectivity index (χ2n) is 5.98. The number of hydrogen-bond donors (Lipinski definition) is 2. The zero-order valence-electron chi connectivity index (χ0n) is 13.3. The average molecular weight is 334 g/mol. The number of amides is 1. The highest BCUT2D eigenvalue weighted by Gasteiger charge is 2.35. The van der Waals surface area contributed by atoms with Gasteiger partial charge in [-0.15, -0.1) is 0 Å². The van der Waals surface area contributed by atoms with Crippen LogP contribution in [0.3, 0.4) is 0 Å². The monoisotopic (exact) mass is 334 g/mol. The smallest absolute Gasteiger partial charge is 0.270 e. The van der Waals surface area contributed by atoms with Crippen LogP contribution < -0.4 is 5.32 Å². The van der Waals surface area contributed by atoms with Gasteiger partial charge >= 0.3 is 0 Å². The second kappa shape index (κ2) is 5.55. The van der Waals surface area contributed by atoms with Crippen LogP contribution in [0.1, 0.15) is 33.2 Å². The summed E-state index contributed by atoms with van der Waals surface area (Å²) in [6, 6.07) is 13.7. The Labute approximate surface area is 142 Å². The maximum atomic E-state index is 12.2. The molecule has 7 nitrogen and oxygen atoms in total. The Bertz CT molecular complexity index is 975. The maximum absolute atomic E-state index is 12.2. The number of nitro benzene ring substituents is 1. The third-order valence-corrected chi connectivity index (χ3v) is 4.36. The van der Waals surface area contributed by atoms with Gasteiger partial charge in [0.1, 0.15) is 5.69 Å². The van der Waals surface area contributed by atoms with Gasteiger partial charge in [0.05, 0.1) is 16.7 Å². The molecule has 2 aromatic carbocycles. The van der Waals surface area contributed by atoms with Gasteiger partial charge in [0.15, 0.2) is 0 Å². The Morgan fingerprint density at radius 2 is 1.76 bits per heavy atom. The highest BCUT2D eigenvalue weighted by atomic mass is 16.6. The van der Waals surface area contributed by atoms with Gasteiger partial charge in [-0.2, -0.15) is 5.10 Å². The lowest BCUT2D eigenvalue weighted by molar-refractivity contribution is -0.384. The molecule has 0 unspecified atom stereocenters. The molecule has 1 aromatic heterocycles. The van der Waals surface area contributed by atoms with E-state index in [-0.39, 0.29) is 11.6 Å². The number of hydrogen-bond acceptors (Lipinski definition) is 4. The van der Waals surface area contributed by atoms with Crippen molar-refractivity contribution in [3.05, 3.63) is 81.0 Å². The third kappa shape index (κ3) is 2.46. The molecule has 7 heteroatoms. The van der Waals surface area contributed by atoms with Crippen LogP contribution in [0.15, 0.2) is 48.5 Å². The van der Waals surface area contributed by atoms with E-state index in [1.807, 2.05) is 31.2 Å². The van der Waals surface area contributed by atoms with E-state index in [1.165, 1.54) is 12.1 Å². The third-order valence-electron chi connectivity index (χ3n) is 4.36. The van der Waals surface area contributed by atoms with Crippen molar-refractivity contribution < 1.29 is 9.72 Å². The second-order valence-corrected chi connectivity index (χ2v) is 5.98. The van der Waals surface area contributed by atoms with Crippen molar-refractivity contribution in [3.8, 4) is 11.3 Å². The van der Waals surface area contributed by atoms with Crippen molar-refractivity contribution >= 4 is 11.6 Å². The molecule has 3 aromatic rings. The van der Waals surface area contributed by atoms with Gasteiger partial charge in [-0.25, -0.2) is 0 Å². The number of aryl methyl sites for hydroxylation is 1. The summed E-state index contributed by atoms with van der Waals surface area (Å²) >= 11 is 0. The number of nitrogens with zero attached hydrogens (tertiary/aromatic N) is 2. The van der Waals surface area contributed by atoms with Crippen molar-refractivity contribution in [2.75, 3.05) is 0 Å². The number of fused-ring (bicyclic) bond motifs is 1. The van der Waals surface area contributed by atoms with E-state index in [9.17, 15) is 14.9 Å². The van der Waals surface area contributed by atoms with Crippen LogP contribution in [0.5, 0.6) is 0 Å². The molecule has 1 aliphatic heterocycles. The summed E-state index contributed by atoms with van der Waals surface area (Å²) in [5.41, 5.74) is 4.73. The van der Waals surface area contributed by atoms with E-state index >= 15 is 0 Å². The Morgan fingerprint density at radius 3 is 2.40 bits per heavy atom. The van der Waals surface area contributed by atoms with Crippen LogP contribution >= 0.6 is 0 Å². The van der Waals surface area contributed by atoms with Gasteiger partial charge < -0.3 is 5.32 Å². The molecule has 0 fully saturated rings. The average Bonchev–Trinajstić information content (AvgIpc) is 3.17. The molecule has 1 atom stereocenters. The fourth-order valence-corrected chi connectivity index (χ4v) is 3.05. The van der Waals surface area contributed by atoms with Gasteiger partial charge in [-0.1, -0.05) is 29.8 Å². The van der Waals surface area contributed by atoms with Crippen molar-refractivity contribution in [1.82, 2.24) is 15.5 Å². The maximum Gasteiger partial charge on any atom is 0.270 e. The number of H-pyrrole nitrogens is 1. The number of rotatable bonds is 3.